The van der Waals surface area contributed by atoms with Gasteiger partial charge >= 0.3 is 20.4 Å². The molecular formula is C31H21BN4OPd. The van der Waals surface area contributed by atoms with Gasteiger partial charge < -0.3 is 19.0 Å². The van der Waals surface area contributed by atoms with Gasteiger partial charge in [0.25, 0.3) is 6.85 Å². The molecule has 5 aromatic rings. The largest absolute Gasteiger partial charge is 2.00 e. The Bertz CT molecular complexity index is 1720. The molecule has 0 amide bonds. The van der Waals surface area contributed by atoms with E-state index in [0.717, 1.165) is 28.8 Å². The maximum Gasteiger partial charge on any atom is 2.00 e. The Morgan fingerprint density at radius 1 is 0.789 bits per heavy atom. The second-order valence-corrected chi connectivity index (χ2v) is 9.68. The van der Waals surface area contributed by atoms with Crippen molar-refractivity contribution in [2.24, 2.45) is 0 Å². The van der Waals surface area contributed by atoms with Crippen LogP contribution in [0.25, 0.3) is 33.7 Å². The molecule has 0 saturated heterocycles. The molecule has 4 aromatic carbocycles. The maximum atomic E-state index is 5.66. The third kappa shape index (κ3) is 3.33. The zero-order chi connectivity index (χ0) is 24.5. The first-order valence-electron chi connectivity index (χ1n) is 12.4. The first kappa shape index (κ1) is 23.1. The van der Waals surface area contributed by atoms with E-state index in [-0.39, 0.29) is 27.3 Å². The number of aromatic nitrogens is 1. The van der Waals surface area contributed by atoms with Gasteiger partial charge in [0.15, 0.2) is 0 Å². The fourth-order valence-corrected chi connectivity index (χ4v) is 5.88. The van der Waals surface area contributed by atoms with Crippen molar-refractivity contribution in [3.63, 3.8) is 0 Å². The summed E-state index contributed by atoms with van der Waals surface area (Å²) in [4.78, 5) is 11.3. The smallest absolute Gasteiger partial charge is 0.489 e. The first-order valence-corrected chi connectivity index (χ1v) is 12.4. The topological polar surface area (TPSA) is 35.8 Å². The van der Waals surface area contributed by atoms with Crippen LogP contribution in [0.1, 0.15) is 0 Å². The quantitative estimate of drug-likeness (QED) is 0.216. The molecule has 4 heterocycles. The van der Waals surface area contributed by atoms with Gasteiger partial charge in [0, 0.05) is 30.8 Å². The van der Waals surface area contributed by atoms with E-state index in [1.807, 2.05) is 0 Å². The summed E-state index contributed by atoms with van der Waals surface area (Å²) in [6.07, 6.45) is 7.50. The summed E-state index contributed by atoms with van der Waals surface area (Å²) in [5.41, 5.74) is 11.3. The van der Waals surface area contributed by atoms with Gasteiger partial charge in [0.05, 0.1) is 19.1 Å². The molecule has 0 saturated carbocycles. The number of anilines is 3. The van der Waals surface area contributed by atoms with E-state index in [1.165, 1.54) is 33.6 Å². The summed E-state index contributed by atoms with van der Waals surface area (Å²) in [7, 11) is 2.08. The molecule has 0 spiro atoms. The molecule has 0 fully saturated rings. The van der Waals surface area contributed by atoms with E-state index < -0.39 is 0 Å². The molecule has 0 bridgehead atoms. The Labute approximate surface area is 235 Å². The summed E-state index contributed by atoms with van der Waals surface area (Å²) in [6, 6.07) is 33.6. The van der Waals surface area contributed by atoms with Crippen molar-refractivity contribution in [1.29, 1.82) is 0 Å². The molecule has 1 aromatic heterocycles. The van der Waals surface area contributed by atoms with Crippen LogP contribution in [0.5, 0.6) is 0 Å². The third-order valence-electron chi connectivity index (χ3n) is 7.50. The minimum Gasteiger partial charge on any atom is -0.489 e. The SMILES string of the molecule is CN1C=CN(c2[c-]c3c(cc2)-c2ccccc2N2B3c3[c-]c(-c4ncco4)ccc3-c3ccccc32)C1.[Pd+2]. The molecule has 3 aliphatic rings. The summed E-state index contributed by atoms with van der Waals surface area (Å²) in [5.74, 6) is 0.576. The molecule has 3 aliphatic heterocycles. The third-order valence-corrected chi connectivity index (χ3v) is 7.50. The van der Waals surface area contributed by atoms with E-state index in [9.17, 15) is 0 Å². The number of fused-ring (bicyclic) bond motifs is 11. The average molecular weight is 583 g/mol. The van der Waals surface area contributed by atoms with Crippen molar-refractivity contribution in [3.8, 4) is 33.7 Å². The van der Waals surface area contributed by atoms with Crippen LogP contribution < -0.4 is 20.6 Å². The number of nitrogens with zero attached hydrogens (tertiary/aromatic N) is 4. The number of para-hydroxylation sites is 2. The van der Waals surface area contributed by atoms with Crippen LogP contribution in [0, 0.1) is 12.1 Å². The fraction of sp³-hybridized carbons (Fsp3) is 0.0645. The van der Waals surface area contributed by atoms with Crippen molar-refractivity contribution in [2.75, 3.05) is 23.4 Å². The van der Waals surface area contributed by atoms with E-state index in [1.54, 1.807) is 12.5 Å². The second kappa shape index (κ2) is 8.77. The standard InChI is InChI=1S/C31H21BN4O.Pd/c1-34-15-16-35(20-34)22-11-13-24-26-7-3-5-9-30(26)36-29-8-4-2-6-25(29)23-12-10-21(31-33-14-17-37-31)18-27(23)32(36)28(24)19-22;/h2-17H,20H2,1H3;/q-2;+2. The van der Waals surface area contributed by atoms with Gasteiger partial charge in [-0.15, -0.1) is 40.9 Å². The van der Waals surface area contributed by atoms with Crippen molar-refractivity contribution >= 4 is 34.8 Å². The van der Waals surface area contributed by atoms with Gasteiger partial charge in [0.1, 0.15) is 5.89 Å². The van der Waals surface area contributed by atoms with Crippen LogP contribution >= 0.6 is 0 Å². The first-order chi connectivity index (χ1) is 18.3. The van der Waals surface area contributed by atoms with Crippen molar-refractivity contribution in [2.45, 2.75) is 0 Å². The van der Waals surface area contributed by atoms with Crippen LogP contribution in [-0.2, 0) is 20.4 Å². The predicted molar refractivity (Wildman–Crippen MR) is 148 cm³/mol. The monoisotopic (exact) mass is 582 g/mol. The Morgan fingerprint density at radius 3 is 2.13 bits per heavy atom. The molecule has 0 N–H and O–H groups in total. The van der Waals surface area contributed by atoms with Crippen LogP contribution in [0.4, 0.5) is 17.1 Å². The summed E-state index contributed by atoms with van der Waals surface area (Å²) >= 11 is 0. The van der Waals surface area contributed by atoms with E-state index >= 15 is 0 Å². The van der Waals surface area contributed by atoms with Crippen LogP contribution in [0.2, 0.25) is 0 Å². The Balaban J connectivity index is 0.00000242. The molecule has 38 heavy (non-hydrogen) atoms. The Kier molecular flexibility index (Phi) is 5.33. The second-order valence-electron chi connectivity index (χ2n) is 9.68. The fourth-order valence-electron chi connectivity index (χ4n) is 5.88. The number of benzene rings is 4. The molecule has 0 unspecified atom stereocenters. The average Bonchev–Trinajstić information content (AvgIpc) is 3.65. The maximum absolute atomic E-state index is 5.66. The van der Waals surface area contributed by atoms with Crippen LogP contribution in [0.3, 0.4) is 0 Å². The van der Waals surface area contributed by atoms with E-state index in [2.05, 4.69) is 124 Å². The number of hydrogen-bond acceptors (Lipinski definition) is 5. The van der Waals surface area contributed by atoms with Crippen LogP contribution in [-0.4, -0.2) is 30.4 Å². The van der Waals surface area contributed by atoms with Gasteiger partial charge in [-0.05, 0) is 17.7 Å². The van der Waals surface area contributed by atoms with E-state index in [0.29, 0.717) is 5.89 Å². The van der Waals surface area contributed by atoms with Crippen molar-refractivity contribution < 1.29 is 24.8 Å². The molecule has 184 valence electrons. The predicted octanol–water partition coefficient (Wildman–Crippen LogP) is 5.02. The molecule has 0 atom stereocenters. The van der Waals surface area contributed by atoms with Gasteiger partial charge in [-0.2, -0.15) is 17.6 Å². The molecule has 0 radical (unpaired) electrons. The minimum absolute atomic E-state index is 0. The molecule has 8 rings (SSSR count). The molecule has 7 heteroatoms. The van der Waals surface area contributed by atoms with Gasteiger partial charge in [0.2, 0.25) is 0 Å². The summed E-state index contributed by atoms with van der Waals surface area (Å²) in [5, 5.41) is 0. The normalized spacial score (nSPS) is 14.3. The minimum atomic E-state index is -0.0889. The zero-order valence-electron chi connectivity index (χ0n) is 20.5. The Hall–Kier alpha value is -4.04. The summed E-state index contributed by atoms with van der Waals surface area (Å²) < 4.78 is 5.66. The molecule has 5 nitrogen and oxygen atoms in total. The van der Waals surface area contributed by atoms with Gasteiger partial charge in [-0.3, -0.25) is 4.98 Å². The molecule has 0 aliphatic carbocycles. The van der Waals surface area contributed by atoms with E-state index in [4.69, 9.17) is 4.42 Å². The summed E-state index contributed by atoms with van der Waals surface area (Å²) in [6.45, 7) is 0.717. The Morgan fingerprint density at radius 2 is 1.47 bits per heavy atom. The molecular weight excluding hydrogens is 562 g/mol. The van der Waals surface area contributed by atoms with Gasteiger partial charge in [-0.25, -0.2) is 0 Å². The van der Waals surface area contributed by atoms with Crippen LogP contribution in [0.15, 0.2) is 102 Å². The van der Waals surface area contributed by atoms with Crippen molar-refractivity contribution in [1.82, 2.24) is 9.88 Å². The number of oxazole rings is 1. The van der Waals surface area contributed by atoms with Crippen molar-refractivity contribution in [3.05, 3.63) is 110 Å². The number of rotatable bonds is 2. The zero-order valence-corrected chi connectivity index (χ0v) is 22.1. The number of hydrogen-bond donors (Lipinski definition) is 0. The van der Waals surface area contributed by atoms with Gasteiger partial charge in [-0.1, -0.05) is 53.2 Å².